The molecule has 70 valence electrons. The second-order valence-corrected chi connectivity index (χ2v) is 2.89. The number of carbonyl (C=O) groups is 1. The molecule has 0 aliphatic heterocycles. The van der Waals surface area contributed by atoms with Gasteiger partial charge in [0, 0.05) is 6.92 Å². The highest BCUT2D eigenvalue weighted by Crippen LogP contribution is 2.48. The van der Waals surface area contributed by atoms with Crippen molar-refractivity contribution in [3.05, 3.63) is 0 Å². The number of alkyl halides is 3. The number of amides is 1. The molecule has 1 aliphatic rings. The Bertz CT molecular complexity index is 197. The van der Waals surface area contributed by atoms with Crippen LogP contribution in [0.1, 0.15) is 19.8 Å². The van der Waals surface area contributed by atoms with Crippen molar-refractivity contribution in [2.75, 3.05) is 0 Å². The molecule has 1 amide bonds. The number of rotatable bonds is 2. The van der Waals surface area contributed by atoms with Crippen LogP contribution in [0.3, 0.4) is 0 Å². The first kappa shape index (κ1) is 9.31. The first-order valence-corrected chi connectivity index (χ1v) is 3.48. The summed E-state index contributed by atoms with van der Waals surface area (Å²) in [4.78, 5) is 10.3. The van der Waals surface area contributed by atoms with E-state index < -0.39 is 17.6 Å². The van der Waals surface area contributed by atoms with E-state index in [2.05, 4.69) is 0 Å². The third kappa shape index (κ3) is 1.69. The van der Waals surface area contributed by atoms with Crippen LogP contribution in [-0.2, 0) is 4.79 Å². The first-order valence-electron chi connectivity index (χ1n) is 3.48. The van der Waals surface area contributed by atoms with Crippen LogP contribution in [0.2, 0.25) is 0 Å². The smallest absolute Gasteiger partial charge is 0.291 e. The second-order valence-electron chi connectivity index (χ2n) is 2.89. The summed E-state index contributed by atoms with van der Waals surface area (Å²) < 4.78 is 36.4. The summed E-state index contributed by atoms with van der Waals surface area (Å²) in [6.45, 7) is 1.15. The second kappa shape index (κ2) is 2.62. The van der Waals surface area contributed by atoms with Crippen molar-refractivity contribution in [3.63, 3.8) is 0 Å². The molecule has 1 saturated carbocycles. The van der Waals surface area contributed by atoms with Gasteiger partial charge in [0.25, 0.3) is 0 Å². The molecule has 0 bridgehead atoms. The van der Waals surface area contributed by atoms with E-state index in [1.54, 1.807) is 0 Å². The number of hydrogen-bond acceptors (Lipinski definition) is 2. The Labute approximate surface area is 67.3 Å². The summed E-state index contributed by atoms with van der Waals surface area (Å²) >= 11 is 0. The standard InChI is InChI=1S/C6H9F3N2O/c1-4(12)10-11-5(2-3-5)6(7,8)9/h11H,2-3H2,1H3,(H,10,12). The SMILES string of the molecule is CC(=O)NNC1(C(F)(F)F)CC1. The van der Waals surface area contributed by atoms with Crippen molar-refractivity contribution >= 4 is 5.91 Å². The Balaban J connectivity index is 2.46. The van der Waals surface area contributed by atoms with E-state index in [9.17, 15) is 18.0 Å². The topological polar surface area (TPSA) is 41.1 Å². The maximum atomic E-state index is 12.1. The first-order chi connectivity index (χ1) is 5.37. The van der Waals surface area contributed by atoms with Crippen LogP contribution in [0.15, 0.2) is 0 Å². The van der Waals surface area contributed by atoms with E-state index in [0.29, 0.717) is 0 Å². The van der Waals surface area contributed by atoms with Gasteiger partial charge in [-0.25, -0.2) is 5.43 Å². The van der Waals surface area contributed by atoms with Gasteiger partial charge in [0.1, 0.15) is 5.54 Å². The van der Waals surface area contributed by atoms with Crippen molar-refractivity contribution in [2.45, 2.75) is 31.5 Å². The minimum atomic E-state index is -4.28. The van der Waals surface area contributed by atoms with Gasteiger partial charge in [-0.3, -0.25) is 10.2 Å². The number of carbonyl (C=O) groups excluding carboxylic acids is 1. The molecule has 1 rings (SSSR count). The zero-order chi connectivity index (χ0) is 9.41. The van der Waals surface area contributed by atoms with Crippen molar-refractivity contribution in [1.29, 1.82) is 0 Å². The highest BCUT2D eigenvalue weighted by molar-refractivity contribution is 5.72. The lowest BCUT2D eigenvalue weighted by molar-refractivity contribution is -0.169. The van der Waals surface area contributed by atoms with Gasteiger partial charge in [0.15, 0.2) is 0 Å². The molecule has 0 spiro atoms. The van der Waals surface area contributed by atoms with E-state index >= 15 is 0 Å². The molecule has 0 radical (unpaired) electrons. The molecule has 1 aliphatic carbocycles. The highest BCUT2D eigenvalue weighted by atomic mass is 19.4. The lowest BCUT2D eigenvalue weighted by Crippen LogP contribution is -2.52. The van der Waals surface area contributed by atoms with Gasteiger partial charge in [0.2, 0.25) is 5.91 Å². The summed E-state index contributed by atoms with van der Waals surface area (Å²) in [5.41, 5.74) is 2.07. The third-order valence-corrected chi connectivity index (χ3v) is 1.77. The normalized spacial score (nSPS) is 20.3. The minimum Gasteiger partial charge on any atom is -0.291 e. The Kier molecular flexibility index (Phi) is 2.03. The van der Waals surface area contributed by atoms with Gasteiger partial charge in [-0.1, -0.05) is 0 Å². The van der Waals surface area contributed by atoms with Gasteiger partial charge in [-0.05, 0) is 12.8 Å². The van der Waals surface area contributed by atoms with Gasteiger partial charge in [-0.2, -0.15) is 13.2 Å². The average Bonchev–Trinajstić information content (AvgIpc) is 2.60. The maximum Gasteiger partial charge on any atom is 0.408 e. The Hall–Kier alpha value is -0.780. The van der Waals surface area contributed by atoms with E-state index in [1.807, 2.05) is 10.9 Å². The molecule has 0 atom stereocenters. The van der Waals surface area contributed by atoms with E-state index in [0.717, 1.165) is 6.92 Å². The van der Waals surface area contributed by atoms with E-state index in [-0.39, 0.29) is 12.8 Å². The van der Waals surface area contributed by atoms with Crippen molar-refractivity contribution in [2.24, 2.45) is 0 Å². The van der Waals surface area contributed by atoms with Crippen molar-refractivity contribution < 1.29 is 18.0 Å². The molecule has 0 aromatic heterocycles. The summed E-state index contributed by atoms with van der Waals surface area (Å²) in [7, 11) is 0. The number of nitrogens with one attached hydrogen (secondary N) is 2. The van der Waals surface area contributed by atoms with E-state index in [4.69, 9.17) is 0 Å². The van der Waals surface area contributed by atoms with Crippen LogP contribution in [0, 0.1) is 0 Å². The zero-order valence-corrected chi connectivity index (χ0v) is 6.46. The minimum absolute atomic E-state index is 0.0246. The summed E-state index contributed by atoms with van der Waals surface area (Å²) in [5, 5.41) is 0. The van der Waals surface area contributed by atoms with Crippen molar-refractivity contribution in [1.82, 2.24) is 10.9 Å². The molecule has 0 heterocycles. The monoisotopic (exact) mass is 182 g/mol. The molecular formula is C6H9F3N2O. The fourth-order valence-corrected chi connectivity index (χ4v) is 0.812. The van der Waals surface area contributed by atoms with Crippen LogP contribution >= 0.6 is 0 Å². The molecule has 0 unspecified atom stereocenters. The Morgan fingerprint density at radius 3 is 2.17 bits per heavy atom. The molecule has 1 fully saturated rings. The molecule has 2 N–H and O–H groups in total. The van der Waals surface area contributed by atoms with Gasteiger partial charge < -0.3 is 0 Å². The summed E-state index contributed by atoms with van der Waals surface area (Å²) in [6, 6.07) is 0. The zero-order valence-electron chi connectivity index (χ0n) is 6.46. The van der Waals surface area contributed by atoms with Crippen LogP contribution < -0.4 is 10.9 Å². The fourth-order valence-electron chi connectivity index (χ4n) is 0.812. The van der Waals surface area contributed by atoms with Crippen molar-refractivity contribution in [3.8, 4) is 0 Å². The molecule has 0 aromatic carbocycles. The largest absolute Gasteiger partial charge is 0.408 e. The highest BCUT2D eigenvalue weighted by Gasteiger charge is 2.63. The van der Waals surface area contributed by atoms with Crippen LogP contribution in [0.25, 0.3) is 0 Å². The molecule has 6 heteroatoms. The Morgan fingerprint density at radius 2 is 1.92 bits per heavy atom. The Morgan fingerprint density at radius 1 is 1.42 bits per heavy atom. The lowest BCUT2D eigenvalue weighted by atomic mass is 10.3. The molecule has 0 saturated heterocycles. The quantitative estimate of drug-likeness (QED) is 0.618. The number of hydrogen-bond donors (Lipinski definition) is 2. The molecular weight excluding hydrogens is 173 g/mol. The van der Waals surface area contributed by atoms with Crippen LogP contribution in [0.5, 0.6) is 0 Å². The predicted molar refractivity (Wildman–Crippen MR) is 35.0 cm³/mol. The van der Waals surface area contributed by atoms with E-state index in [1.165, 1.54) is 0 Å². The number of hydrazine groups is 1. The molecule has 12 heavy (non-hydrogen) atoms. The molecule has 3 nitrogen and oxygen atoms in total. The van der Waals surface area contributed by atoms with Crippen LogP contribution in [-0.4, -0.2) is 17.6 Å². The third-order valence-electron chi connectivity index (χ3n) is 1.77. The van der Waals surface area contributed by atoms with Gasteiger partial charge in [0.05, 0.1) is 0 Å². The lowest BCUT2D eigenvalue weighted by Gasteiger charge is -2.20. The van der Waals surface area contributed by atoms with Gasteiger partial charge in [-0.15, -0.1) is 0 Å². The molecule has 0 aromatic rings. The van der Waals surface area contributed by atoms with Gasteiger partial charge >= 0.3 is 6.18 Å². The number of halogens is 3. The van der Waals surface area contributed by atoms with Crippen LogP contribution in [0.4, 0.5) is 13.2 Å². The summed E-state index contributed by atoms with van der Waals surface area (Å²) in [5.74, 6) is -0.523. The fraction of sp³-hybridized carbons (Fsp3) is 0.833. The maximum absolute atomic E-state index is 12.1. The summed E-state index contributed by atoms with van der Waals surface area (Å²) in [6.07, 6.45) is -4.23. The predicted octanol–water partition coefficient (Wildman–Crippen LogP) is 0.722. The average molecular weight is 182 g/mol.